The van der Waals surface area contributed by atoms with Gasteiger partial charge in [0.15, 0.2) is 0 Å². The first-order valence-electron chi connectivity index (χ1n) is 8.15. The van der Waals surface area contributed by atoms with Crippen LogP contribution < -0.4 is 14.4 Å². The molecular weight excluding hydrogens is 352 g/mol. The molecule has 0 fully saturated rings. The number of sulfonamides is 1. The van der Waals surface area contributed by atoms with E-state index in [2.05, 4.69) is 5.32 Å². The maximum absolute atomic E-state index is 12.3. The lowest BCUT2D eigenvalue weighted by Crippen LogP contribution is -2.40. The number of rotatable bonds is 7. The minimum absolute atomic E-state index is 0.271. The summed E-state index contributed by atoms with van der Waals surface area (Å²) in [6, 6.07) is 12.8. The normalized spacial score (nSPS) is 11.1. The quantitative estimate of drug-likeness (QED) is 0.805. The molecule has 0 saturated carbocycles. The fraction of sp³-hybridized carbons (Fsp3) is 0.316. The van der Waals surface area contributed by atoms with Crippen molar-refractivity contribution >= 4 is 21.6 Å². The van der Waals surface area contributed by atoms with Crippen LogP contribution >= 0.6 is 0 Å². The SMILES string of the molecule is COc1cccc(CNC(=O)CN(c2cc(C)ccc2C)S(C)(=O)=O)c1. The largest absolute Gasteiger partial charge is 0.497 e. The lowest BCUT2D eigenvalue weighted by Gasteiger charge is -2.24. The highest BCUT2D eigenvalue weighted by Gasteiger charge is 2.22. The molecule has 140 valence electrons. The zero-order valence-corrected chi connectivity index (χ0v) is 16.3. The van der Waals surface area contributed by atoms with E-state index in [9.17, 15) is 13.2 Å². The number of carbonyl (C=O) groups is 1. The standard InChI is InChI=1S/C19H24N2O4S/c1-14-8-9-15(2)18(10-14)21(26(4,23)24)13-19(22)20-12-16-6-5-7-17(11-16)25-3/h5-11H,12-13H2,1-4H3,(H,20,22). The number of amides is 1. The molecule has 0 saturated heterocycles. The number of nitrogens with one attached hydrogen (secondary N) is 1. The van der Waals surface area contributed by atoms with Gasteiger partial charge in [0.25, 0.3) is 0 Å². The van der Waals surface area contributed by atoms with E-state index in [1.54, 1.807) is 13.2 Å². The second kappa shape index (κ2) is 8.23. The van der Waals surface area contributed by atoms with Crippen LogP contribution in [0, 0.1) is 13.8 Å². The van der Waals surface area contributed by atoms with Crippen molar-refractivity contribution in [3.05, 3.63) is 59.2 Å². The van der Waals surface area contributed by atoms with Crippen LogP contribution in [-0.4, -0.2) is 34.2 Å². The van der Waals surface area contributed by atoms with Crippen molar-refractivity contribution in [1.29, 1.82) is 0 Å². The molecular formula is C19H24N2O4S. The van der Waals surface area contributed by atoms with Crippen molar-refractivity contribution in [2.45, 2.75) is 20.4 Å². The smallest absolute Gasteiger partial charge is 0.241 e. The summed E-state index contributed by atoms with van der Waals surface area (Å²) in [5, 5.41) is 2.76. The predicted molar refractivity (Wildman–Crippen MR) is 103 cm³/mol. The van der Waals surface area contributed by atoms with Crippen molar-refractivity contribution in [2.24, 2.45) is 0 Å². The van der Waals surface area contributed by atoms with Crippen LogP contribution in [0.25, 0.3) is 0 Å². The molecule has 0 heterocycles. The van der Waals surface area contributed by atoms with Crippen LogP contribution in [-0.2, 0) is 21.4 Å². The van der Waals surface area contributed by atoms with Gasteiger partial charge in [0.2, 0.25) is 15.9 Å². The number of ether oxygens (including phenoxy) is 1. The molecule has 0 aromatic heterocycles. The second-order valence-electron chi connectivity index (χ2n) is 6.19. The molecule has 0 bridgehead atoms. The first-order chi connectivity index (χ1) is 12.2. The van der Waals surface area contributed by atoms with E-state index in [4.69, 9.17) is 4.74 Å². The Bertz CT molecular complexity index is 894. The molecule has 26 heavy (non-hydrogen) atoms. The molecule has 1 N–H and O–H groups in total. The number of anilines is 1. The third kappa shape index (κ3) is 5.23. The van der Waals surface area contributed by atoms with E-state index in [-0.39, 0.29) is 12.5 Å². The van der Waals surface area contributed by atoms with Crippen LogP contribution in [0.3, 0.4) is 0 Å². The molecule has 0 radical (unpaired) electrons. The van der Waals surface area contributed by atoms with Crippen molar-refractivity contribution in [3.63, 3.8) is 0 Å². The molecule has 0 unspecified atom stereocenters. The number of hydrogen-bond acceptors (Lipinski definition) is 4. The molecule has 0 aliphatic heterocycles. The van der Waals surface area contributed by atoms with Crippen molar-refractivity contribution < 1.29 is 17.9 Å². The van der Waals surface area contributed by atoms with Gasteiger partial charge in [0.1, 0.15) is 12.3 Å². The highest BCUT2D eigenvalue weighted by Crippen LogP contribution is 2.23. The molecule has 0 aliphatic carbocycles. The summed E-state index contributed by atoms with van der Waals surface area (Å²) in [5.41, 5.74) is 3.11. The lowest BCUT2D eigenvalue weighted by molar-refractivity contribution is -0.119. The Hall–Kier alpha value is -2.54. The summed E-state index contributed by atoms with van der Waals surface area (Å²) in [4.78, 5) is 12.3. The molecule has 1 amide bonds. The van der Waals surface area contributed by atoms with E-state index in [0.717, 1.165) is 27.3 Å². The molecule has 2 aromatic rings. The van der Waals surface area contributed by atoms with E-state index in [1.807, 2.05) is 50.2 Å². The van der Waals surface area contributed by atoms with Gasteiger partial charge in [-0.05, 0) is 48.7 Å². The Morgan fingerprint density at radius 3 is 2.54 bits per heavy atom. The van der Waals surface area contributed by atoms with Gasteiger partial charge in [-0.3, -0.25) is 9.10 Å². The Kier molecular flexibility index (Phi) is 6.26. The molecule has 2 aromatic carbocycles. The number of carbonyl (C=O) groups excluding carboxylic acids is 1. The molecule has 6 nitrogen and oxygen atoms in total. The average Bonchev–Trinajstić information content (AvgIpc) is 2.59. The summed E-state index contributed by atoms with van der Waals surface area (Å²) >= 11 is 0. The van der Waals surface area contributed by atoms with E-state index in [0.29, 0.717) is 18.0 Å². The van der Waals surface area contributed by atoms with Gasteiger partial charge in [0.05, 0.1) is 19.1 Å². The minimum atomic E-state index is -3.59. The zero-order chi connectivity index (χ0) is 19.3. The summed E-state index contributed by atoms with van der Waals surface area (Å²) in [6.45, 7) is 3.72. The Morgan fingerprint density at radius 2 is 1.88 bits per heavy atom. The number of methoxy groups -OCH3 is 1. The first kappa shape index (κ1) is 19.8. The van der Waals surface area contributed by atoms with Gasteiger partial charge >= 0.3 is 0 Å². The van der Waals surface area contributed by atoms with Crippen LogP contribution in [0.15, 0.2) is 42.5 Å². The highest BCUT2D eigenvalue weighted by atomic mass is 32.2. The topological polar surface area (TPSA) is 75.7 Å². The van der Waals surface area contributed by atoms with Crippen molar-refractivity contribution in [1.82, 2.24) is 5.32 Å². The van der Waals surface area contributed by atoms with Crippen LogP contribution in [0.4, 0.5) is 5.69 Å². The van der Waals surface area contributed by atoms with Gasteiger partial charge in [-0.1, -0.05) is 24.3 Å². The highest BCUT2D eigenvalue weighted by molar-refractivity contribution is 7.92. The molecule has 0 atom stereocenters. The van der Waals surface area contributed by atoms with Gasteiger partial charge in [-0.2, -0.15) is 0 Å². The van der Waals surface area contributed by atoms with Gasteiger partial charge < -0.3 is 10.1 Å². The third-order valence-electron chi connectivity index (χ3n) is 3.94. The number of hydrogen-bond donors (Lipinski definition) is 1. The van der Waals surface area contributed by atoms with Crippen LogP contribution in [0.2, 0.25) is 0 Å². The van der Waals surface area contributed by atoms with Gasteiger partial charge in [-0.15, -0.1) is 0 Å². The molecule has 7 heteroatoms. The number of benzene rings is 2. The number of nitrogens with zero attached hydrogens (tertiary/aromatic N) is 1. The zero-order valence-electron chi connectivity index (χ0n) is 15.4. The Morgan fingerprint density at radius 1 is 1.15 bits per heavy atom. The fourth-order valence-electron chi connectivity index (χ4n) is 2.54. The van der Waals surface area contributed by atoms with E-state index < -0.39 is 10.0 Å². The van der Waals surface area contributed by atoms with Crippen molar-refractivity contribution in [2.75, 3.05) is 24.2 Å². The van der Waals surface area contributed by atoms with Gasteiger partial charge in [0, 0.05) is 6.54 Å². The first-order valence-corrected chi connectivity index (χ1v) is 10.00. The van der Waals surface area contributed by atoms with Crippen molar-refractivity contribution in [3.8, 4) is 5.75 Å². The summed E-state index contributed by atoms with van der Waals surface area (Å²) in [7, 11) is -2.02. The van der Waals surface area contributed by atoms with Crippen LogP contribution in [0.5, 0.6) is 5.75 Å². The third-order valence-corrected chi connectivity index (χ3v) is 5.07. The molecule has 2 rings (SSSR count). The van der Waals surface area contributed by atoms with Crippen LogP contribution in [0.1, 0.15) is 16.7 Å². The lowest BCUT2D eigenvalue weighted by atomic mass is 10.1. The summed E-state index contributed by atoms with van der Waals surface area (Å²) in [6.07, 6.45) is 1.10. The number of aryl methyl sites for hydroxylation is 2. The summed E-state index contributed by atoms with van der Waals surface area (Å²) in [5.74, 6) is 0.323. The fourth-order valence-corrected chi connectivity index (χ4v) is 3.44. The minimum Gasteiger partial charge on any atom is -0.497 e. The van der Waals surface area contributed by atoms with E-state index >= 15 is 0 Å². The maximum atomic E-state index is 12.3. The Labute approximate surface area is 154 Å². The second-order valence-corrected chi connectivity index (χ2v) is 8.09. The van der Waals surface area contributed by atoms with Gasteiger partial charge in [-0.25, -0.2) is 8.42 Å². The predicted octanol–water partition coefficient (Wildman–Crippen LogP) is 2.39. The average molecular weight is 376 g/mol. The maximum Gasteiger partial charge on any atom is 0.241 e. The Balaban J connectivity index is 2.13. The molecule has 0 spiro atoms. The summed E-state index contributed by atoms with van der Waals surface area (Å²) < 4.78 is 30.7. The van der Waals surface area contributed by atoms with E-state index in [1.165, 1.54) is 0 Å². The molecule has 0 aliphatic rings. The monoisotopic (exact) mass is 376 g/mol.